The number of benzene rings is 1. The molecular weight excluding hydrogens is 443 g/mol. The SMILES string of the molecule is CCNC(=NCC(=O)Nc1cccc(CC)c1)NCC1(C)CCCO1.I. The average molecular weight is 474 g/mol. The van der Waals surface area contributed by atoms with Crippen LogP contribution in [0.25, 0.3) is 0 Å². The Kier molecular flexibility index (Phi) is 9.93. The van der Waals surface area contributed by atoms with Crippen molar-refractivity contribution in [1.82, 2.24) is 10.6 Å². The first-order valence-electron chi connectivity index (χ1n) is 9.09. The first-order valence-corrected chi connectivity index (χ1v) is 9.09. The van der Waals surface area contributed by atoms with Gasteiger partial charge >= 0.3 is 0 Å². The van der Waals surface area contributed by atoms with Crippen molar-refractivity contribution in [3.05, 3.63) is 29.8 Å². The summed E-state index contributed by atoms with van der Waals surface area (Å²) >= 11 is 0. The molecule has 1 aliphatic heterocycles. The fourth-order valence-electron chi connectivity index (χ4n) is 2.81. The maximum Gasteiger partial charge on any atom is 0.246 e. The fraction of sp³-hybridized carbons (Fsp3) is 0.579. The van der Waals surface area contributed by atoms with E-state index in [2.05, 4.69) is 34.8 Å². The van der Waals surface area contributed by atoms with Crippen molar-refractivity contribution in [3.8, 4) is 0 Å². The minimum absolute atomic E-state index is 0. The number of ether oxygens (including phenoxy) is 1. The summed E-state index contributed by atoms with van der Waals surface area (Å²) < 4.78 is 5.77. The highest BCUT2D eigenvalue weighted by molar-refractivity contribution is 14.0. The first-order chi connectivity index (χ1) is 12.0. The van der Waals surface area contributed by atoms with Crippen molar-refractivity contribution >= 4 is 41.5 Å². The second kappa shape index (κ2) is 11.4. The lowest BCUT2D eigenvalue weighted by Gasteiger charge is -2.24. The number of hydrogen-bond donors (Lipinski definition) is 3. The molecule has 0 aromatic heterocycles. The molecular formula is C19H31IN4O2. The van der Waals surface area contributed by atoms with E-state index < -0.39 is 0 Å². The zero-order chi connectivity index (χ0) is 18.1. The smallest absolute Gasteiger partial charge is 0.246 e. The summed E-state index contributed by atoms with van der Waals surface area (Å²) in [6.45, 7) is 8.50. The molecule has 1 unspecified atom stereocenters. The van der Waals surface area contributed by atoms with E-state index in [1.54, 1.807) is 0 Å². The number of halogens is 1. The van der Waals surface area contributed by atoms with Crippen LogP contribution in [0.1, 0.15) is 39.2 Å². The molecule has 0 saturated carbocycles. The third-order valence-corrected chi connectivity index (χ3v) is 4.27. The van der Waals surface area contributed by atoms with E-state index in [-0.39, 0.29) is 42.0 Å². The molecule has 1 fully saturated rings. The van der Waals surface area contributed by atoms with Crippen molar-refractivity contribution in [3.63, 3.8) is 0 Å². The molecule has 26 heavy (non-hydrogen) atoms. The number of guanidine groups is 1. The van der Waals surface area contributed by atoms with Gasteiger partial charge in [0.2, 0.25) is 5.91 Å². The monoisotopic (exact) mass is 474 g/mol. The van der Waals surface area contributed by atoms with Gasteiger partial charge in [0.05, 0.1) is 5.60 Å². The van der Waals surface area contributed by atoms with E-state index in [4.69, 9.17) is 4.74 Å². The van der Waals surface area contributed by atoms with Gasteiger partial charge < -0.3 is 20.7 Å². The van der Waals surface area contributed by atoms with Crippen molar-refractivity contribution in [2.75, 3.05) is 31.6 Å². The fourth-order valence-corrected chi connectivity index (χ4v) is 2.81. The van der Waals surface area contributed by atoms with Crippen LogP contribution < -0.4 is 16.0 Å². The standard InChI is InChI=1S/C19H30N4O2.HI/c1-4-15-8-6-9-16(12-15)23-17(24)13-21-18(20-5-2)22-14-19(3)10-7-11-25-19;/h6,8-9,12H,4-5,7,10-11,13-14H2,1-3H3,(H,23,24)(H2,20,21,22);1H. The van der Waals surface area contributed by atoms with Crippen molar-refractivity contribution in [2.24, 2.45) is 4.99 Å². The quantitative estimate of drug-likeness (QED) is 0.323. The van der Waals surface area contributed by atoms with Gasteiger partial charge in [0, 0.05) is 25.4 Å². The number of carbonyl (C=O) groups is 1. The Morgan fingerprint density at radius 1 is 1.31 bits per heavy atom. The van der Waals surface area contributed by atoms with E-state index in [1.807, 2.05) is 31.2 Å². The van der Waals surface area contributed by atoms with Gasteiger partial charge in [-0.25, -0.2) is 4.99 Å². The van der Waals surface area contributed by atoms with Gasteiger partial charge in [-0.1, -0.05) is 19.1 Å². The van der Waals surface area contributed by atoms with Gasteiger partial charge in [0.1, 0.15) is 6.54 Å². The number of nitrogens with zero attached hydrogens (tertiary/aromatic N) is 1. The highest BCUT2D eigenvalue weighted by Crippen LogP contribution is 2.23. The average Bonchev–Trinajstić information content (AvgIpc) is 3.04. The van der Waals surface area contributed by atoms with Gasteiger partial charge in [0.15, 0.2) is 5.96 Å². The van der Waals surface area contributed by atoms with Crippen LogP contribution >= 0.6 is 24.0 Å². The van der Waals surface area contributed by atoms with Crippen molar-refractivity contribution < 1.29 is 9.53 Å². The van der Waals surface area contributed by atoms with Crippen LogP contribution in [0, 0.1) is 0 Å². The largest absolute Gasteiger partial charge is 0.373 e. The molecule has 0 bridgehead atoms. The summed E-state index contributed by atoms with van der Waals surface area (Å²) in [4.78, 5) is 16.5. The number of aryl methyl sites for hydroxylation is 1. The van der Waals surface area contributed by atoms with E-state index in [1.165, 1.54) is 5.56 Å². The Labute approximate surface area is 173 Å². The van der Waals surface area contributed by atoms with Gasteiger partial charge in [-0.3, -0.25) is 4.79 Å². The van der Waals surface area contributed by atoms with E-state index in [9.17, 15) is 4.79 Å². The molecule has 0 aliphatic carbocycles. The third-order valence-electron chi connectivity index (χ3n) is 4.27. The van der Waals surface area contributed by atoms with Crippen LogP contribution in [0.15, 0.2) is 29.3 Å². The Morgan fingerprint density at radius 3 is 2.77 bits per heavy atom. The molecule has 146 valence electrons. The number of hydrogen-bond acceptors (Lipinski definition) is 3. The van der Waals surface area contributed by atoms with Crippen LogP contribution in [0.3, 0.4) is 0 Å². The van der Waals surface area contributed by atoms with Crippen molar-refractivity contribution in [1.29, 1.82) is 0 Å². The first kappa shape index (κ1) is 22.7. The van der Waals surface area contributed by atoms with E-state index >= 15 is 0 Å². The van der Waals surface area contributed by atoms with E-state index in [0.717, 1.165) is 38.1 Å². The summed E-state index contributed by atoms with van der Waals surface area (Å²) in [5.74, 6) is 0.505. The summed E-state index contributed by atoms with van der Waals surface area (Å²) in [6.07, 6.45) is 3.07. The third kappa shape index (κ3) is 7.49. The van der Waals surface area contributed by atoms with Crippen molar-refractivity contribution in [2.45, 2.75) is 45.6 Å². The Balaban J connectivity index is 0.00000338. The number of anilines is 1. The second-order valence-corrected chi connectivity index (χ2v) is 6.55. The molecule has 2 rings (SSSR count). The molecule has 0 radical (unpaired) electrons. The predicted octanol–water partition coefficient (Wildman–Crippen LogP) is 2.93. The molecule has 1 aromatic carbocycles. The highest BCUT2D eigenvalue weighted by Gasteiger charge is 2.29. The zero-order valence-corrected chi connectivity index (χ0v) is 18.3. The normalized spacial score (nSPS) is 19.6. The minimum atomic E-state index is -0.154. The molecule has 1 heterocycles. The lowest BCUT2D eigenvalue weighted by atomic mass is 10.0. The number of carbonyl (C=O) groups excluding carboxylic acids is 1. The molecule has 1 aliphatic rings. The topological polar surface area (TPSA) is 74.8 Å². The number of amides is 1. The predicted molar refractivity (Wildman–Crippen MR) is 117 cm³/mol. The Morgan fingerprint density at radius 2 is 2.12 bits per heavy atom. The highest BCUT2D eigenvalue weighted by atomic mass is 127. The summed E-state index contributed by atoms with van der Waals surface area (Å²) in [5.41, 5.74) is 1.85. The molecule has 7 heteroatoms. The molecule has 1 saturated heterocycles. The van der Waals surface area contributed by atoms with Gasteiger partial charge in [-0.05, 0) is 50.8 Å². The molecule has 1 atom stereocenters. The Hall–Kier alpha value is -1.35. The maximum absolute atomic E-state index is 12.1. The Bertz CT molecular complexity index is 601. The summed E-state index contributed by atoms with van der Waals surface area (Å²) in [5, 5.41) is 9.33. The van der Waals surface area contributed by atoms with Gasteiger partial charge in [-0.15, -0.1) is 24.0 Å². The number of aliphatic imine (C=N–C) groups is 1. The van der Waals surface area contributed by atoms with E-state index in [0.29, 0.717) is 12.5 Å². The van der Waals surface area contributed by atoms with Crippen LogP contribution in [0.2, 0.25) is 0 Å². The number of nitrogens with one attached hydrogen (secondary N) is 3. The van der Waals surface area contributed by atoms with Gasteiger partial charge in [-0.2, -0.15) is 0 Å². The van der Waals surface area contributed by atoms with Crippen LogP contribution in [0.5, 0.6) is 0 Å². The van der Waals surface area contributed by atoms with Crippen LogP contribution in [-0.4, -0.2) is 43.7 Å². The lowest BCUT2D eigenvalue weighted by Crippen LogP contribution is -2.45. The minimum Gasteiger partial charge on any atom is -0.373 e. The maximum atomic E-state index is 12.1. The molecule has 1 amide bonds. The zero-order valence-electron chi connectivity index (χ0n) is 15.9. The molecule has 0 spiro atoms. The van der Waals surface area contributed by atoms with Gasteiger partial charge in [0.25, 0.3) is 0 Å². The summed E-state index contributed by atoms with van der Waals surface area (Å²) in [7, 11) is 0. The lowest BCUT2D eigenvalue weighted by molar-refractivity contribution is -0.114. The molecule has 6 nitrogen and oxygen atoms in total. The van der Waals surface area contributed by atoms with Crippen LogP contribution in [-0.2, 0) is 16.0 Å². The number of rotatable bonds is 7. The second-order valence-electron chi connectivity index (χ2n) is 6.55. The molecule has 3 N–H and O–H groups in total. The molecule has 1 aromatic rings. The summed E-state index contributed by atoms with van der Waals surface area (Å²) in [6, 6.07) is 7.88. The van der Waals surface area contributed by atoms with Crippen LogP contribution in [0.4, 0.5) is 5.69 Å².